The van der Waals surface area contributed by atoms with Gasteiger partial charge in [0.2, 0.25) is 0 Å². The van der Waals surface area contributed by atoms with E-state index in [1.807, 2.05) is 38.1 Å². The molecule has 0 fully saturated rings. The molecule has 0 saturated carbocycles. The average molecular weight is 438 g/mol. The number of benzene rings is 1. The highest BCUT2D eigenvalue weighted by atomic mass is 16.5. The van der Waals surface area contributed by atoms with Crippen molar-refractivity contribution in [3.05, 3.63) is 29.8 Å². The van der Waals surface area contributed by atoms with Crippen LogP contribution in [0.1, 0.15) is 64.9 Å². The summed E-state index contributed by atoms with van der Waals surface area (Å²) in [7, 11) is 1.41. The molecule has 0 spiro atoms. The molecule has 7 heteroatoms. The summed E-state index contributed by atoms with van der Waals surface area (Å²) in [5.41, 5.74) is 0.875. The summed E-state index contributed by atoms with van der Waals surface area (Å²) >= 11 is 0. The molecule has 0 saturated heterocycles. The van der Waals surface area contributed by atoms with E-state index in [4.69, 9.17) is 14.2 Å². The van der Waals surface area contributed by atoms with Gasteiger partial charge in [-0.3, -0.25) is 0 Å². The lowest BCUT2D eigenvalue weighted by Gasteiger charge is -2.21. The second kappa shape index (κ2) is 15.5. The summed E-state index contributed by atoms with van der Waals surface area (Å²) in [5.74, 6) is -0.251. The lowest BCUT2D eigenvalue weighted by Crippen LogP contribution is -2.33. The van der Waals surface area contributed by atoms with Gasteiger partial charge in [0, 0.05) is 19.5 Å². The van der Waals surface area contributed by atoms with Crippen LogP contribution in [0.2, 0.25) is 0 Å². The van der Waals surface area contributed by atoms with Crippen molar-refractivity contribution in [2.24, 2.45) is 0 Å². The molecular formula is C24H39NO6. The topological polar surface area (TPSA) is 85.3 Å². The highest BCUT2D eigenvalue weighted by Crippen LogP contribution is 2.16. The molecule has 1 unspecified atom stereocenters. The van der Waals surface area contributed by atoms with Gasteiger partial charge in [-0.15, -0.1) is 0 Å². The van der Waals surface area contributed by atoms with Gasteiger partial charge in [-0.05, 0) is 44.4 Å². The van der Waals surface area contributed by atoms with Crippen LogP contribution in [0, 0.1) is 0 Å². The molecular weight excluding hydrogens is 398 g/mol. The Bertz CT molecular complexity index is 631. The number of methoxy groups -OCH3 is 1. The number of hydrogen-bond acceptors (Lipinski definition) is 5. The molecule has 0 aliphatic rings. The SMILES string of the molecule is CCCCCCCN(CCCOc1ccc(CC(OC(C)C)C(=O)O)cc1)C(=O)OC. The van der Waals surface area contributed by atoms with E-state index in [0.29, 0.717) is 38.3 Å². The van der Waals surface area contributed by atoms with E-state index >= 15 is 0 Å². The highest BCUT2D eigenvalue weighted by Gasteiger charge is 2.20. The fraction of sp³-hybridized carbons (Fsp3) is 0.667. The van der Waals surface area contributed by atoms with Crippen LogP contribution in [-0.4, -0.2) is 61.1 Å². The van der Waals surface area contributed by atoms with E-state index in [1.54, 1.807) is 4.90 Å². The molecule has 0 aliphatic carbocycles. The molecule has 0 radical (unpaired) electrons. The maximum absolute atomic E-state index is 11.9. The van der Waals surface area contributed by atoms with E-state index < -0.39 is 12.1 Å². The first kappa shape index (κ1) is 26.8. The van der Waals surface area contributed by atoms with Crippen LogP contribution in [0.15, 0.2) is 24.3 Å². The Morgan fingerprint density at radius 2 is 1.65 bits per heavy atom. The maximum atomic E-state index is 11.9. The standard InChI is InChI=1S/C24H39NO6/c1-5-6-7-8-9-15-25(24(28)29-4)16-10-17-30-21-13-11-20(12-14-21)18-22(23(26)27)31-19(2)3/h11-14,19,22H,5-10,15-18H2,1-4H3,(H,26,27). The Balaban J connectivity index is 2.41. The smallest absolute Gasteiger partial charge is 0.409 e. The van der Waals surface area contributed by atoms with Gasteiger partial charge < -0.3 is 24.2 Å². The lowest BCUT2D eigenvalue weighted by atomic mass is 10.1. The van der Waals surface area contributed by atoms with Gasteiger partial charge in [-0.2, -0.15) is 0 Å². The van der Waals surface area contributed by atoms with Crippen LogP contribution in [0.5, 0.6) is 5.75 Å². The molecule has 1 aromatic carbocycles. The summed E-state index contributed by atoms with van der Waals surface area (Å²) in [6.07, 6.45) is 5.43. The number of carbonyl (C=O) groups is 2. The minimum Gasteiger partial charge on any atom is -0.494 e. The minimum atomic E-state index is -0.963. The van der Waals surface area contributed by atoms with Crippen LogP contribution in [-0.2, 0) is 20.7 Å². The largest absolute Gasteiger partial charge is 0.494 e. The van der Waals surface area contributed by atoms with E-state index in [2.05, 4.69) is 6.92 Å². The highest BCUT2D eigenvalue weighted by molar-refractivity contribution is 5.72. The third-order valence-corrected chi connectivity index (χ3v) is 4.86. The van der Waals surface area contributed by atoms with Crippen molar-refractivity contribution < 1.29 is 28.9 Å². The lowest BCUT2D eigenvalue weighted by molar-refractivity contribution is -0.153. The van der Waals surface area contributed by atoms with Crippen molar-refractivity contribution in [3.63, 3.8) is 0 Å². The Labute approximate surface area is 186 Å². The van der Waals surface area contributed by atoms with Crippen molar-refractivity contribution in [3.8, 4) is 5.75 Å². The van der Waals surface area contributed by atoms with Crippen LogP contribution in [0.25, 0.3) is 0 Å². The summed E-state index contributed by atoms with van der Waals surface area (Å²) in [6, 6.07) is 7.36. The normalized spacial score (nSPS) is 11.9. The zero-order chi connectivity index (χ0) is 23.1. The Morgan fingerprint density at radius 3 is 2.23 bits per heavy atom. The number of unbranched alkanes of at least 4 members (excludes halogenated alkanes) is 4. The molecule has 1 amide bonds. The van der Waals surface area contributed by atoms with Gasteiger partial charge in [0.05, 0.1) is 19.8 Å². The molecule has 0 aromatic heterocycles. The van der Waals surface area contributed by atoms with E-state index in [1.165, 1.54) is 26.4 Å². The quantitative estimate of drug-likeness (QED) is 0.370. The fourth-order valence-electron chi connectivity index (χ4n) is 3.23. The molecule has 176 valence electrons. The third-order valence-electron chi connectivity index (χ3n) is 4.86. The van der Waals surface area contributed by atoms with Gasteiger partial charge in [-0.1, -0.05) is 44.7 Å². The number of nitrogens with zero attached hydrogens (tertiary/aromatic N) is 1. The van der Waals surface area contributed by atoms with Crippen molar-refractivity contribution in [1.29, 1.82) is 0 Å². The van der Waals surface area contributed by atoms with E-state index in [0.717, 1.165) is 18.4 Å². The van der Waals surface area contributed by atoms with Crippen LogP contribution < -0.4 is 4.74 Å². The van der Waals surface area contributed by atoms with E-state index in [9.17, 15) is 14.7 Å². The van der Waals surface area contributed by atoms with Crippen molar-refractivity contribution in [2.75, 3.05) is 26.8 Å². The van der Waals surface area contributed by atoms with E-state index in [-0.39, 0.29) is 12.2 Å². The number of carboxylic acid groups (broad SMARTS) is 1. The average Bonchev–Trinajstić information content (AvgIpc) is 2.74. The summed E-state index contributed by atoms with van der Waals surface area (Å²) in [4.78, 5) is 25.0. The van der Waals surface area contributed by atoms with Crippen molar-refractivity contribution >= 4 is 12.1 Å². The zero-order valence-electron chi connectivity index (χ0n) is 19.5. The second-order valence-electron chi connectivity index (χ2n) is 7.93. The number of rotatable bonds is 16. The molecule has 1 rings (SSSR count). The molecule has 1 aromatic rings. The molecule has 1 N–H and O–H groups in total. The first-order valence-electron chi connectivity index (χ1n) is 11.3. The Hall–Kier alpha value is -2.28. The van der Waals surface area contributed by atoms with Gasteiger partial charge in [0.25, 0.3) is 0 Å². The number of hydrogen-bond donors (Lipinski definition) is 1. The van der Waals surface area contributed by atoms with Crippen molar-refractivity contribution in [1.82, 2.24) is 4.90 Å². The monoisotopic (exact) mass is 437 g/mol. The first-order valence-corrected chi connectivity index (χ1v) is 11.3. The Kier molecular flexibility index (Phi) is 13.4. The second-order valence-corrected chi connectivity index (χ2v) is 7.93. The Morgan fingerprint density at radius 1 is 1.00 bits per heavy atom. The summed E-state index contributed by atoms with van der Waals surface area (Å²) in [6.45, 7) is 7.60. The number of ether oxygens (including phenoxy) is 3. The van der Waals surface area contributed by atoms with Gasteiger partial charge in [0.15, 0.2) is 6.10 Å². The molecule has 0 heterocycles. The zero-order valence-corrected chi connectivity index (χ0v) is 19.5. The molecule has 0 aliphatic heterocycles. The number of carbonyl (C=O) groups excluding carboxylic acids is 1. The van der Waals surface area contributed by atoms with Crippen molar-refractivity contribution in [2.45, 2.75) is 77.9 Å². The first-order chi connectivity index (χ1) is 14.9. The molecule has 7 nitrogen and oxygen atoms in total. The predicted octanol–water partition coefficient (Wildman–Crippen LogP) is 4.92. The predicted molar refractivity (Wildman–Crippen MR) is 121 cm³/mol. The van der Waals surface area contributed by atoms with Crippen LogP contribution >= 0.6 is 0 Å². The molecule has 1 atom stereocenters. The summed E-state index contributed by atoms with van der Waals surface area (Å²) < 4.78 is 16.1. The van der Waals surface area contributed by atoms with Gasteiger partial charge >= 0.3 is 12.1 Å². The third kappa shape index (κ3) is 11.6. The summed E-state index contributed by atoms with van der Waals surface area (Å²) in [5, 5.41) is 9.29. The van der Waals surface area contributed by atoms with Crippen LogP contribution in [0.3, 0.4) is 0 Å². The van der Waals surface area contributed by atoms with Crippen LogP contribution in [0.4, 0.5) is 4.79 Å². The minimum absolute atomic E-state index is 0.149. The maximum Gasteiger partial charge on any atom is 0.409 e. The molecule has 31 heavy (non-hydrogen) atoms. The van der Waals surface area contributed by atoms with Gasteiger partial charge in [-0.25, -0.2) is 9.59 Å². The number of aliphatic carboxylic acids is 1. The number of amides is 1. The van der Waals surface area contributed by atoms with Gasteiger partial charge in [0.1, 0.15) is 5.75 Å². The number of carboxylic acids is 1. The molecule has 0 bridgehead atoms. The fourth-order valence-corrected chi connectivity index (χ4v) is 3.23.